The predicted octanol–water partition coefficient (Wildman–Crippen LogP) is 3.68. The number of hydrogen-bond acceptors (Lipinski definition) is 6. The molecule has 7 heteroatoms. The first-order valence-corrected chi connectivity index (χ1v) is 9.49. The Hall–Kier alpha value is -2.02. The molecule has 1 atom stereocenters. The van der Waals surface area contributed by atoms with Crippen LogP contribution in [0.3, 0.4) is 0 Å². The molecule has 0 aliphatic carbocycles. The highest BCUT2D eigenvalue weighted by Gasteiger charge is 2.25. The monoisotopic (exact) mass is 381 g/mol. The largest absolute Gasteiger partial charge is 0.459 e. The van der Waals surface area contributed by atoms with Gasteiger partial charge < -0.3 is 14.8 Å². The Balaban J connectivity index is 2.60. The maximum atomic E-state index is 12.4. The van der Waals surface area contributed by atoms with Gasteiger partial charge in [0.1, 0.15) is 18.2 Å². The van der Waals surface area contributed by atoms with E-state index in [9.17, 15) is 14.4 Å². The van der Waals surface area contributed by atoms with Crippen LogP contribution < -0.4 is 5.32 Å². The molecule has 0 saturated heterocycles. The maximum Gasteiger partial charge on any atom is 0.408 e. The van der Waals surface area contributed by atoms with Crippen molar-refractivity contribution in [2.75, 3.05) is 5.75 Å². The van der Waals surface area contributed by atoms with Crippen LogP contribution in [0.15, 0.2) is 30.3 Å². The third-order valence-electron chi connectivity index (χ3n) is 3.14. The van der Waals surface area contributed by atoms with E-state index in [1.54, 1.807) is 20.8 Å². The highest BCUT2D eigenvalue weighted by Crippen LogP contribution is 2.12. The number of benzene rings is 1. The molecule has 1 amide bonds. The first-order chi connectivity index (χ1) is 12.2. The van der Waals surface area contributed by atoms with Crippen LogP contribution in [0.2, 0.25) is 0 Å². The fraction of sp³-hybridized carbons (Fsp3) is 0.526. The third kappa shape index (κ3) is 10.1. The summed E-state index contributed by atoms with van der Waals surface area (Å²) in [4.78, 5) is 35.4. The van der Waals surface area contributed by atoms with Gasteiger partial charge in [0, 0.05) is 12.7 Å². The Bertz CT molecular complexity index is 598. The molecule has 1 aromatic carbocycles. The number of esters is 1. The molecular formula is C19H27NO5S. The van der Waals surface area contributed by atoms with Gasteiger partial charge in [0.15, 0.2) is 5.12 Å². The summed E-state index contributed by atoms with van der Waals surface area (Å²) in [5.41, 5.74) is 0.205. The van der Waals surface area contributed by atoms with E-state index in [2.05, 4.69) is 5.32 Å². The van der Waals surface area contributed by atoms with Gasteiger partial charge in [0.2, 0.25) is 0 Å². The first kappa shape index (κ1) is 22.0. The van der Waals surface area contributed by atoms with E-state index in [-0.39, 0.29) is 11.7 Å². The molecule has 26 heavy (non-hydrogen) atoms. The number of carbonyl (C=O) groups is 3. The Morgan fingerprint density at radius 1 is 1.15 bits per heavy atom. The topological polar surface area (TPSA) is 81.7 Å². The zero-order valence-corrected chi connectivity index (χ0v) is 16.6. The smallest absolute Gasteiger partial charge is 0.408 e. The molecular weight excluding hydrogens is 354 g/mol. The van der Waals surface area contributed by atoms with Crippen LogP contribution in [0, 0.1) is 0 Å². The number of rotatable bonds is 8. The van der Waals surface area contributed by atoms with Gasteiger partial charge in [-0.25, -0.2) is 9.59 Å². The Labute approximate surface area is 159 Å². The van der Waals surface area contributed by atoms with Crippen LogP contribution in [0.4, 0.5) is 4.79 Å². The minimum Gasteiger partial charge on any atom is -0.459 e. The van der Waals surface area contributed by atoms with Crippen molar-refractivity contribution in [3.05, 3.63) is 35.9 Å². The molecule has 1 rings (SSSR count). The number of nitrogens with one attached hydrogen (secondary N) is 1. The molecule has 0 heterocycles. The number of thioether (sulfide) groups is 1. The lowest BCUT2D eigenvalue weighted by Crippen LogP contribution is -2.44. The van der Waals surface area contributed by atoms with Gasteiger partial charge >= 0.3 is 12.1 Å². The predicted molar refractivity (Wildman–Crippen MR) is 102 cm³/mol. The van der Waals surface area contributed by atoms with Crippen molar-refractivity contribution in [1.29, 1.82) is 0 Å². The standard InChI is InChI=1S/C19H27NO5S/c1-14(21)26-12-8-11-16(20-18(23)25-19(2,3)4)17(22)24-13-15-9-6-5-7-10-15/h5-7,9-10,16H,8,11-13H2,1-4H3,(H,20,23). The second-order valence-corrected chi connectivity index (χ2v) is 8.05. The third-order valence-corrected chi connectivity index (χ3v) is 4.04. The summed E-state index contributed by atoms with van der Waals surface area (Å²) in [7, 11) is 0. The molecule has 1 unspecified atom stereocenters. The lowest BCUT2D eigenvalue weighted by Gasteiger charge is -2.23. The summed E-state index contributed by atoms with van der Waals surface area (Å²) < 4.78 is 10.5. The molecule has 0 bridgehead atoms. The molecule has 0 aromatic heterocycles. The molecule has 144 valence electrons. The maximum absolute atomic E-state index is 12.4. The van der Waals surface area contributed by atoms with Crippen LogP contribution in [-0.2, 0) is 25.7 Å². The van der Waals surface area contributed by atoms with Crippen LogP contribution in [-0.4, -0.2) is 34.6 Å². The zero-order chi connectivity index (χ0) is 19.6. The van der Waals surface area contributed by atoms with Crippen LogP contribution in [0.5, 0.6) is 0 Å². The molecule has 0 radical (unpaired) electrons. The van der Waals surface area contributed by atoms with Crippen LogP contribution >= 0.6 is 11.8 Å². The number of ether oxygens (including phenoxy) is 2. The van der Waals surface area contributed by atoms with E-state index in [0.29, 0.717) is 18.6 Å². The average Bonchev–Trinajstić information content (AvgIpc) is 2.54. The summed E-state index contributed by atoms with van der Waals surface area (Å²) in [6.07, 6.45) is 0.288. The molecule has 1 N–H and O–H groups in total. The normalized spacial score (nSPS) is 12.2. The summed E-state index contributed by atoms with van der Waals surface area (Å²) in [5, 5.41) is 2.59. The molecule has 0 spiro atoms. The number of amides is 1. The fourth-order valence-corrected chi connectivity index (χ4v) is 2.63. The lowest BCUT2D eigenvalue weighted by atomic mass is 10.1. The van der Waals surface area contributed by atoms with Crippen molar-refractivity contribution < 1.29 is 23.9 Å². The van der Waals surface area contributed by atoms with E-state index in [1.807, 2.05) is 30.3 Å². The Morgan fingerprint density at radius 3 is 2.38 bits per heavy atom. The average molecular weight is 381 g/mol. The summed E-state index contributed by atoms with van der Waals surface area (Å²) >= 11 is 1.19. The lowest BCUT2D eigenvalue weighted by molar-refractivity contribution is -0.147. The van der Waals surface area contributed by atoms with Gasteiger partial charge in [-0.05, 0) is 39.2 Å². The second-order valence-electron chi connectivity index (χ2n) is 6.77. The Kier molecular flexibility index (Phi) is 9.19. The van der Waals surface area contributed by atoms with Gasteiger partial charge in [-0.15, -0.1) is 0 Å². The van der Waals surface area contributed by atoms with Crippen molar-refractivity contribution in [3.8, 4) is 0 Å². The molecule has 0 saturated carbocycles. The van der Waals surface area contributed by atoms with E-state index in [0.717, 1.165) is 5.56 Å². The van der Waals surface area contributed by atoms with Crippen molar-refractivity contribution >= 4 is 28.9 Å². The summed E-state index contributed by atoms with van der Waals surface area (Å²) in [5.74, 6) is 0.0564. The number of carbonyl (C=O) groups excluding carboxylic acids is 3. The van der Waals surface area contributed by atoms with E-state index >= 15 is 0 Å². The molecule has 1 aromatic rings. The molecule has 0 fully saturated rings. The van der Waals surface area contributed by atoms with E-state index in [4.69, 9.17) is 9.47 Å². The van der Waals surface area contributed by atoms with Crippen molar-refractivity contribution in [3.63, 3.8) is 0 Å². The number of alkyl carbamates (subject to hydrolysis) is 1. The van der Waals surface area contributed by atoms with Crippen molar-refractivity contribution in [1.82, 2.24) is 5.32 Å². The second kappa shape index (κ2) is 10.9. The van der Waals surface area contributed by atoms with Gasteiger partial charge in [-0.2, -0.15) is 0 Å². The van der Waals surface area contributed by atoms with E-state index in [1.165, 1.54) is 18.7 Å². The van der Waals surface area contributed by atoms with Gasteiger partial charge in [-0.1, -0.05) is 42.1 Å². The van der Waals surface area contributed by atoms with Gasteiger partial charge in [-0.3, -0.25) is 4.79 Å². The summed E-state index contributed by atoms with van der Waals surface area (Å²) in [6.45, 7) is 6.88. The fourth-order valence-electron chi connectivity index (χ4n) is 2.03. The Morgan fingerprint density at radius 2 is 1.81 bits per heavy atom. The van der Waals surface area contributed by atoms with Gasteiger partial charge in [0.25, 0.3) is 0 Å². The minimum absolute atomic E-state index is 0.0216. The van der Waals surface area contributed by atoms with E-state index < -0.39 is 23.7 Å². The molecule has 6 nitrogen and oxygen atoms in total. The van der Waals surface area contributed by atoms with Gasteiger partial charge in [0.05, 0.1) is 0 Å². The highest BCUT2D eigenvalue weighted by atomic mass is 32.2. The highest BCUT2D eigenvalue weighted by molar-refractivity contribution is 8.13. The van der Waals surface area contributed by atoms with Crippen molar-refractivity contribution in [2.24, 2.45) is 0 Å². The molecule has 0 aliphatic heterocycles. The first-order valence-electron chi connectivity index (χ1n) is 8.51. The SMILES string of the molecule is CC(=O)SCCCC(NC(=O)OC(C)(C)C)C(=O)OCc1ccccc1. The quantitative estimate of drug-likeness (QED) is 0.546. The van der Waals surface area contributed by atoms with Crippen LogP contribution in [0.25, 0.3) is 0 Å². The summed E-state index contributed by atoms with van der Waals surface area (Å²) in [6, 6.07) is 8.49. The number of hydrogen-bond donors (Lipinski definition) is 1. The van der Waals surface area contributed by atoms with Crippen molar-refractivity contribution in [2.45, 2.75) is 58.8 Å². The zero-order valence-electron chi connectivity index (χ0n) is 15.7. The minimum atomic E-state index is -0.818. The molecule has 0 aliphatic rings. The van der Waals surface area contributed by atoms with Crippen LogP contribution in [0.1, 0.15) is 46.1 Å².